The number of aliphatic imine (C=N–C) groups is 1. The van der Waals surface area contributed by atoms with Crippen LogP contribution in [0.15, 0.2) is 29.3 Å². The van der Waals surface area contributed by atoms with Crippen molar-refractivity contribution in [3.8, 4) is 11.8 Å². The zero-order chi connectivity index (χ0) is 13.7. The summed E-state index contributed by atoms with van der Waals surface area (Å²) in [5.41, 5.74) is 3.62. The molecule has 0 fully saturated rings. The molecule has 0 amide bonds. The van der Waals surface area contributed by atoms with Crippen molar-refractivity contribution in [3.63, 3.8) is 0 Å². The first-order valence-electron chi connectivity index (χ1n) is 6.82. The molecule has 0 radical (unpaired) electrons. The minimum Gasteiger partial charge on any atom is -0.289 e. The zero-order valence-corrected chi connectivity index (χ0v) is 12.8. The Bertz CT molecular complexity index is 504. The molecule has 0 saturated carbocycles. The van der Waals surface area contributed by atoms with Crippen LogP contribution in [-0.2, 0) is 0 Å². The summed E-state index contributed by atoms with van der Waals surface area (Å²) in [7, 11) is 0. The van der Waals surface area contributed by atoms with Crippen molar-refractivity contribution in [2.75, 3.05) is 12.8 Å². The Morgan fingerprint density at radius 3 is 2.74 bits per heavy atom. The van der Waals surface area contributed by atoms with E-state index in [2.05, 4.69) is 49.3 Å². The van der Waals surface area contributed by atoms with Crippen molar-refractivity contribution < 1.29 is 0 Å². The van der Waals surface area contributed by atoms with Gasteiger partial charge in [0, 0.05) is 23.1 Å². The van der Waals surface area contributed by atoms with Gasteiger partial charge in [-0.1, -0.05) is 25.0 Å². The van der Waals surface area contributed by atoms with Gasteiger partial charge >= 0.3 is 0 Å². The van der Waals surface area contributed by atoms with Gasteiger partial charge in [-0.3, -0.25) is 4.99 Å². The second-order valence-electron chi connectivity index (χ2n) is 5.09. The predicted molar refractivity (Wildman–Crippen MR) is 86.1 cm³/mol. The van der Waals surface area contributed by atoms with Gasteiger partial charge in [-0.05, 0) is 49.6 Å². The van der Waals surface area contributed by atoms with Gasteiger partial charge in [0.1, 0.15) is 0 Å². The molecule has 0 saturated heterocycles. The topological polar surface area (TPSA) is 12.4 Å². The Labute approximate surface area is 120 Å². The molecule has 2 heteroatoms. The van der Waals surface area contributed by atoms with Crippen LogP contribution >= 0.6 is 11.8 Å². The highest BCUT2D eigenvalue weighted by molar-refractivity contribution is 7.99. The van der Waals surface area contributed by atoms with E-state index >= 15 is 0 Å². The smallest absolute Gasteiger partial charge is 0.0425 e. The summed E-state index contributed by atoms with van der Waals surface area (Å²) in [6, 6.07) is 8.48. The van der Waals surface area contributed by atoms with Crippen LogP contribution in [0, 0.1) is 17.8 Å². The zero-order valence-electron chi connectivity index (χ0n) is 11.9. The lowest BCUT2D eigenvalue weighted by molar-refractivity contribution is 0.541. The average Bonchev–Trinajstić information content (AvgIpc) is 2.88. The van der Waals surface area contributed by atoms with Crippen LogP contribution in [-0.4, -0.2) is 23.8 Å². The monoisotopic (exact) mass is 271 g/mol. The lowest BCUT2D eigenvalue weighted by Crippen LogP contribution is -2.09. The SMILES string of the molecule is CC#Cc1ccc(C2=NCC(CC(C)SC)C2)cc1. The summed E-state index contributed by atoms with van der Waals surface area (Å²) in [5.74, 6) is 6.73. The van der Waals surface area contributed by atoms with Gasteiger partial charge in [-0.25, -0.2) is 0 Å². The molecule has 2 rings (SSSR count). The molecule has 1 aromatic carbocycles. The highest BCUT2D eigenvalue weighted by Gasteiger charge is 2.21. The van der Waals surface area contributed by atoms with Gasteiger partial charge in [0.25, 0.3) is 0 Å². The summed E-state index contributed by atoms with van der Waals surface area (Å²) >= 11 is 1.95. The third kappa shape index (κ3) is 3.88. The van der Waals surface area contributed by atoms with E-state index in [-0.39, 0.29) is 0 Å². The van der Waals surface area contributed by atoms with Crippen LogP contribution in [0.25, 0.3) is 0 Å². The third-order valence-corrected chi connectivity index (χ3v) is 4.57. The molecule has 2 atom stereocenters. The van der Waals surface area contributed by atoms with E-state index in [4.69, 9.17) is 4.99 Å². The van der Waals surface area contributed by atoms with Crippen molar-refractivity contribution in [2.24, 2.45) is 10.9 Å². The van der Waals surface area contributed by atoms with Crippen LogP contribution < -0.4 is 0 Å². The van der Waals surface area contributed by atoms with Crippen molar-refractivity contribution in [1.82, 2.24) is 0 Å². The maximum absolute atomic E-state index is 4.72. The Morgan fingerprint density at radius 2 is 2.11 bits per heavy atom. The second-order valence-corrected chi connectivity index (χ2v) is 6.37. The lowest BCUT2D eigenvalue weighted by Gasteiger charge is -2.13. The van der Waals surface area contributed by atoms with Crippen LogP contribution in [0.3, 0.4) is 0 Å². The number of hydrogen-bond donors (Lipinski definition) is 0. The van der Waals surface area contributed by atoms with E-state index in [0.717, 1.165) is 29.7 Å². The molecule has 0 bridgehead atoms. The van der Waals surface area contributed by atoms with Crippen LogP contribution in [0.5, 0.6) is 0 Å². The molecule has 0 spiro atoms. The number of nitrogens with zero attached hydrogens (tertiary/aromatic N) is 1. The second kappa shape index (κ2) is 6.82. The maximum atomic E-state index is 4.72. The molecule has 1 aliphatic rings. The minimum atomic E-state index is 0.729. The molecule has 2 unspecified atom stereocenters. The predicted octanol–water partition coefficient (Wildman–Crippen LogP) is 4.01. The van der Waals surface area contributed by atoms with Crippen LogP contribution in [0.2, 0.25) is 0 Å². The highest BCUT2D eigenvalue weighted by atomic mass is 32.2. The standard InChI is InChI=1S/C17H21NS/c1-4-5-14-6-8-16(9-7-14)17-11-15(12-18-17)10-13(2)19-3/h6-9,13,15H,10-12H2,1-3H3. The van der Waals surface area contributed by atoms with Crippen LogP contribution in [0.1, 0.15) is 37.8 Å². The summed E-state index contributed by atoms with van der Waals surface area (Å²) < 4.78 is 0. The first-order chi connectivity index (χ1) is 9.22. The van der Waals surface area contributed by atoms with E-state index in [1.165, 1.54) is 17.7 Å². The minimum absolute atomic E-state index is 0.729. The third-order valence-electron chi connectivity index (χ3n) is 3.58. The molecule has 100 valence electrons. The Morgan fingerprint density at radius 1 is 1.37 bits per heavy atom. The molecule has 1 nitrogen and oxygen atoms in total. The molecule has 0 aromatic heterocycles. The number of benzene rings is 1. The van der Waals surface area contributed by atoms with E-state index < -0.39 is 0 Å². The average molecular weight is 271 g/mol. The molecule has 0 aliphatic carbocycles. The van der Waals surface area contributed by atoms with Crippen molar-refractivity contribution in [3.05, 3.63) is 35.4 Å². The fourth-order valence-corrected chi connectivity index (χ4v) is 2.93. The molecule has 1 heterocycles. The van der Waals surface area contributed by atoms with Gasteiger partial charge in [-0.15, -0.1) is 5.92 Å². The fourth-order valence-electron chi connectivity index (χ4n) is 2.46. The van der Waals surface area contributed by atoms with Gasteiger partial charge in [0.15, 0.2) is 0 Å². The van der Waals surface area contributed by atoms with E-state index in [0.29, 0.717) is 0 Å². The maximum Gasteiger partial charge on any atom is 0.0425 e. The number of rotatable bonds is 4. The van der Waals surface area contributed by atoms with E-state index in [9.17, 15) is 0 Å². The van der Waals surface area contributed by atoms with Crippen molar-refractivity contribution >= 4 is 17.5 Å². The summed E-state index contributed by atoms with van der Waals surface area (Å²) in [6.07, 6.45) is 4.59. The highest BCUT2D eigenvalue weighted by Crippen LogP contribution is 2.26. The molecule has 19 heavy (non-hydrogen) atoms. The van der Waals surface area contributed by atoms with Gasteiger partial charge in [-0.2, -0.15) is 11.8 Å². The quantitative estimate of drug-likeness (QED) is 0.754. The first-order valence-corrected chi connectivity index (χ1v) is 8.11. The van der Waals surface area contributed by atoms with Crippen LogP contribution in [0.4, 0.5) is 0 Å². The van der Waals surface area contributed by atoms with Gasteiger partial charge < -0.3 is 0 Å². The summed E-state index contributed by atoms with van der Waals surface area (Å²) in [4.78, 5) is 4.72. The molecule has 0 N–H and O–H groups in total. The molecular weight excluding hydrogens is 250 g/mol. The van der Waals surface area contributed by atoms with Gasteiger partial charge in [0.2, 0.25) is 0 Å². The van der Waals surface area contributed by atoms with Crippen molar-refractivity contribution in [1.29, 1.82) is 0 Å². The van der Waals surface area contributed by atoms with E-state index in [1.54, 1.807) is 0 Å². The molecule has 1 aliphatic heterocycles. The number of thioether (sulfide) groups is 1. The Balaban J connectivity index is 1.98. The molecular formula is C17H21NS. The Kier molecular flexibility index (Phi) is 5.10. The summed E-state index contributed by atoms with van der Waals surface area (Å²) in [6.45, 7) is 5.17. The number of hydrogen-bond acceptors (Lipinski definition) is 2. The van der Waals surface area contributed by atoms with Crippen molar-refractivity contribution in [2.45, 2.75) is 31.9 Å². The summed E-state index contributed by atoms with van der Waals surface area (Å²) in [5, 5.41) is 0.738. The largest absolute Gasteiger partial charge is 0.289 e. The first kappa shape index (κ1) is 14.2. The normalized spacial score (nSPS) is 19.5. The molecule has 1 aromatic rings. The van der Waals surface area contributed by atoms with E-state index in [1.807, 2.05) is 18.7 Å². The fraction of sp³-hybridized carbons (Fsp3) is 0.471. The van der Waals surface area contributed by atoms with Gasteiger partial charge in [0.05, 0.1) is 0 Å². The lowest BCUT2D eigenvalue weighted by atomic mass is 9.96. The Hall–Kier alpha value is -1.20.